The molecule has 1 aliphatic heterocycles. The van der Waals surface area contributed by atoms with Crippen LogP contribution in [0.15, 0.2) is 42.6 Å². The number of anilines is 2. The lowest BCUT2D eigenvalue weighted by atomic mass is 10.0. The van der Waals surface area contributed by atoms with Crippen molar-refractivity contribution in [1.29, 1.82) is 0 Å². The number of hydrogen-bond donors (Lipinski definition) is 0. The highest BCUT2D eigenvalue weighted by molar-refractivity contribution is 6.05. The van der Waals surface area contributed by atoms with Crippen LogP contribution in [-0.4, -0.2) is 30.5 Å². The second-order valence-electron chi connectivity index (χ2n) is 6.58. The molecule has 4 heteroatoms. The van der Waals surface area contributed by atoms with Gasteiger partial charge >= 0.3 is 0 Å². The molecule has 0 bridgehead atoms. The predicted octanol–water partition coefficient (Wildman–Crippen LogP) is 4.30. The third-order valence-electron chi connectivity index (χ3n) is 4.67. The molecule has 1 aromatic heterocycles. The molecule has 0 fully saturated rings. The molecular weight excluding hydrogens is 310 g/mol. The van der Waals surface area contributed by atoms with Crippen LogP contribution >= 0.6 is 0 Å². The molecule has 3 rings (SSSR count). The molecule has 1 aliphatic rings. The summed E-state index contributed by atoms with van der Waals surface area (Å²) < 4.78 is 0. The fraction of sp³-hybridized carbons (Fsp3) is 0.429. The molecule has 0 saturated carbocycles. The lowest BCUT2D eigenvalue weighted by Crippen LogP contribution is -2.36. The largest absolute Gasteiger partial charge is 0.370 e. The van der Waals surface area contributed by atoms with Crippen LogP contribution < -0.4 is 9.80 Å². The van der Waals surface area contributed by atoms with E-state index in [1.54, 1.807) is 0 Å². The lowest BCUT2D eigenvalue weighted by Gasteiger charge is -2.29. The van der Waals surface area contributed by atoms with E-state index in [0.717, 1.165) is 56.7 Å². The van der Waals surface area contributed by atoms with Crippen LogP contribution in [0.3, 0.4) is 0 Å². The number of aromatic nitrogens is 1. The van der Waals surface area contributed by atoms with Crippen LogP contribution in [-0.2, 0) is 6.42 Å². The number of aryl methyl sites for hydroxylation is 1. The van der Waals surface area contributed by atoms with Gasteiger partial charge in [-0.2, -0.15) is 0 Å². The quantitative estimate of drug-likeness (QED) is 0.788. The minimum Gasteiger partial charge on any atom is -0.370 e. The van der Waals surface area contributed by atoms with Crippen molar-refractivity contribution in [2.75, 3.05) is 29.4 Å². The summed E-state index contributed by atoms with van der Waals surface area (Å²) in [4.78, 5) is 21.6. The zero-order chi connectivity index (χ0) is 17.6. The molecule has 0 spiro atoms. The number of fused-ring (bicyclic) bond motifs is 1. The Labute approximate surface area is 150 Å². The van der Waals surface area contributed by atoms with Crippen LogP contribution in [0.25, 0.3) is 0 Å². The number of benzene rings is 1. The Bertz CT molecular complexity index is 705. The summed E-state index contributed by atoms with van der Waals surface area (Å²) in [5.41, 5.74) is 3.90. The van der Waals surface area contributed by atoms with Crippen molar-refractivity contribution in [2.24, 2.45) is 0 Å². The monoisotopic (exact) mass is 337 g/mol. The number of rotatable bonds is 6. The van der Waals surface area contributed by atoms with E-state index in [-0.39, 0.29) is 5.91 Å². The van der Waals surface area contributed by atoms with E-state index in [0.29, 0.717) is 5.69 Å². The predicted molar refractivity (Wildman–Crippen MR) is 103 cm³/mol. The van der Waals surface area contributed by atoms with E-state index in [2.05, 4.69) is 29.8 Å². The first-order valence-electron chi connectivity index (χ1n) is 9.35. The maximum absolute atomic E-state index is 12.9. The highest BCUT2D eigenvalue weighted by atomic mass is 16.2. The Morgan fingerprint density at radius 2 is 1.88 bits per heavy atom. The molecule has 132 valence electrons. The van der Waals surface area contributed by atoms with Crippen LogP contribution in [0, 0.1) is 0 Å². The number of hydrogen-bond acceptors (Lipinski definition) is 3. The maximum Gasteiger partial charge on any atom is 0.276 e. The summed E-state index contributed by atoms with van der Waals surface area (Å²) in [5, 5.41) is 0. The van der Waals surface area contributed by atoms with Gasteiger partial charge in [-0.3, -0.25) is 4.79 Å². The second-order valence-corrected chi connectivity index (χ2v) is 6.58. The molecule has 1 aromatic carbocycles. The fourth-order valence-electron chi connectivity index (χ4n) is 3.49. The van der Waals surface area contributed by atoms with Gasteiger partial charge in [0.05, 0.1) is 11.9 Å². The van der Waals surface area contributed by atoms with E-state index >= 15 is 0 Å². The number of carbonyl (C=O) groups is 1. The SMILES string of the molecule is CCCN(CCC)c1ccc(C(=O)N2CCCc3ccccc32)nc1. The highest BCUT2D eigenvalue weighted by Crippen LogP contribution is 2.28. The lowest BCUT2D eigenvalue weighted by molar-refractivity contribution is 0.0980. The van der Waals surface area contributed by atoms with Crippen molar-refractivity contribution < 1.29 is 4.79 Å². The van der Waals surface area contributed by atoms with Crippen molar-refractivity contribution >= 4 is 17.3 Å². The first-order chi connectivity index (χ1) is 12.2. The third-order valence-corrected chi connectivity index (χ3v) is 4.67. The Morgan fingerprint density at radius 3 is 2.56 bits per heavy atom. The molecule has 4 nitrogen and oxygen atoms in total. The van der Waals surface area contributed by atoms with E-state index in [1.165, 1.54) is 5.56 Å². The Kier molecular flexibility index (Phi) is 5.69. The topological polar surface area (TPSA) is 36.4 Å². The summed E-state index contributed by atoms with van der Waals surface area (Å²) >= 11 is 0. The molecule has 0 atom stereocenters. The molecule has 2 aromatic rings. The van der Waals surface area contributed by atoms with Gasteiger partial charge in [0.2, 0.25) is 0 Å². The first kappa shape index (κ1) is 17.5. The Balaban J connectivity index is 1.80. The minimum absolute atomic E-state index is 0.00349. The first-order valence-corrected chi connectivity index (χ1v) is 9.35. The van der Waals surface area contributed by atoms with Crippen LogP contribution in [0.2, 0.25) is 0 Å². The van der Waals surface area contributed by atoms with Crippen molar-refractivity contribution in [2.45, 2.75) is 39.5 Å². The Morgan fingerprint density at radius 1 is 1.12 bits per heavy atom. The number of nitrogens with zero attached hydrogens (tertiary/aromatic N) is 3. The summed E-state index contributed by atoms with van der Waals surface area (Å²) in [6.07, 6.45) is 6.09. The number of para-hydroxylation sites is 1. The molecule has 0 N–H and O–H groups in total. The van der Waals surface area contributed by atoms with Gasteiger partial charge in [0, 0.05) is 25.3 Å². The smallest absolute Gasteiger partial charge is 0.276 e. The normalized spacial score (nSPS) is 13.4. The van der Waals surface area contributed by atoms with E-state index in [1.807, 2.05) is 41.4 Å². The molecule has 25 heavy (non-hydrogen) atoms. The van der Waals surface area contributed by atoms with Crippen LogP contribution in [0.5, 0.6) is 0 Å². The zero-order valence-electron chi connectivity index (χ0n) is 15.2. The van der Waals surface area contributed by atoms with Crippen molar-refractivity contribution in [1.82, 2.24) is 4.98 Å². The number of carbonyl (C=O) groups excluding carboxylic acids is 1. The summed E-state index contributed by atoms with van der Waals surface area (Å²) in [7, 11) is 0. The zero-order valence-corrected chi connectivity index (χ0v) is 15.2. The van der Waals surface area contributed by atoms with Crippen molar-refractivity contribution in [3.05, 3.63) is 53.9 Å². The van der Waals surface area contributed by atoms with Gasteiger partial charge in [0.25, 0.3) is 5.91 Å². The van der Waals surface area contributed by atoms with Gasteiger partial charge in [0.15, 0.2) is 0 Å². The van der Waals surface area contributed by atoms with E-state index in [9.17, 15) is 4.79 Å². The van der Waals surface area contributed by atoms with Crippen molar-refractivity contribution in [3.63, 3.8) is 0 Å². The average Bonchev–Trinajstić information content (AvgIpc) is 2.67. The van der Waals surface area contributed by atoms with Gasteiger partial charge in [-0.25, -0.2) is 4.98 Å². The average molecular weight is 337 g/mol. The van der Waals surface area contributed by atoms with Gasteiger partial charge in [-0.05, 0) is 49.4 Å². The van der Waals surface area contributed by atoms with Gasteiger partial charge in [0.1, 0.15) is 5.69 Å². The molecule has 2 heterocycles. The molecule has 0 aliphatic carbocycles. The Hall–Kier alpha value is -2.36. The number of amides is 1. The van der Waals surface area contributed by atoms with Crippen LogP contribution in [0.4, 0.5) is 11.4 Å². The second kappa shape index (κ2) is 8.15. The van der Waals surface area contributed by atoms with Gasteiger partial charge in [-0.1, -0.05) is 32.0 Å². The van der Waals surface area contributed by atoms with Gasteiger partial charge < -0.3 is 9.80 Å². The van der Waals surface area contributed by atoms with Crippen molar-refractivity contribution in [3.8, 4) is 0 Å². The molecular formula is C21H27N3O. The van der Waals surface area contributed by atoms with Crippen LogP contribution in [0.1, 0.15) is 49.2 Å². The van der Waals surface area contributed by atoms with E-state index in [4.69, 9.17) is 0 Å². The minimum atomic E-state index is -0.00349. The van der Waals surface area contributed by atoms with Gasteiger partial charge in [-0.15, -0.1) is 0 Å². The summed E-state index contributed by atoms with van der Waals surface area (Å²) in [6, 6.07) is 12.1. The summed E-state index contributed by atoms with van der Waals surface area (Å²) in [6.45, 7) is 7.16. The third kappa shape index (κ3) is 3.84. The summed E-state index contributed by atoms with van der Waals surface area (Å²) in [5.74, 6) is -0.00349. The maximum atomic E-state index is 12.9. The standard InChI is InChI=1S/C21H27N3O/c1-3-13-23(14-4-2)18-11-12-19(22-16-18)21(25)24-15-7-9-17-8-5-6-10-20(17)24/h5-6,8,10-12,16H,3-4,7,9,13-15H2,1-2H3. The molecule has 0 unspecified atom stereocenters. The molecule has 0 radical (unpaired) electrons. The number of pyridine rings is 1. The van der Waals surface area contributed by atoms with E-state index < -0.39 is 0 Å². The fourth-order valence-corrected chi connectivity index (χ4v) is 3.49. The molecule has 1 amide bonds. The molecule has 0 saturated heterocycles. The highest BCUT2D eigenvalue weighted by Gasteiger charge is 2.24.